The molecule has 4 nitrogen and oxygen atoms in total. The van der Waals surface area contributed by atoms with E-state index < -0.39 is 5.97 Å². The fourth-order valence-electron chi connectivity index (χ4n) is 1.94. The first-order valence-electron chi connectivity index (χ1n) is 7.04. The number of halogens is 2. The Bertz CT molecular complexity index is 741. The number of carbonyl (C=O) groups excluding carboxylic acids is 1. The van der Waals surface area contributed by atoms with Crippen molar-refractivity contribution in [3.8, 4) is 11.5 Å². The molecule has 0 N–H and O–H groups in total. The fourth-order valence-corrected chi connectivity index (χ4v) is 2.38. The van der Waals surface area contributed by atoms with Crippen LogP contribution in [0.3, 0.4) is 0 Å². The second-order valence-corrected chi connectivity index (χ2v) is 5.65. The Labute approximate surface area is 148 Å². The molecular formula is C18H16BrFO4. The van der Waals surface area contributed by atoms with Crippen molar-refractivity contribution in [2.45, 2.75) is 6.61 Å². The number of ether oxygens (including phenoxy) is 3. The van der Waals surface area contributed by atoms with Crippen molar-refractivity contribution in [2.75, 3.05) is 14.2 Å². The number of hydrogen-bond acceptors (Lipinski definition) is 4. The summed E-state index contributed by atoms with van der Waals surface area (Å²) in [6.07, 6.45) is 2.85. The second kappa shape index (κ2) is 8.49. The van der Waals surface area contributed by atoms with Crippen molar-refractivity contribution >= 4 is 28.0 Å². The van der Waals surface area contributed by atoms with Gasteiger partial charge in [-0.25, -0.2) is 9.18 Å². The molecule has 0 spiro atoms. The van der Waals surface area contributed by atoms with Gasteiger partial charge in [0, 0.05) is 16.1 Å². The number of carbonyl (C=O) groups is 1. The molecule has 6 heteroatoms. The number of esters is 1. The summed E-state index contributed by atoms with van der Waals surface area (Å²) in [5.74, 6) is 0.304. The van der Waals surface area contributed by atoms with E-state index in [4.69, 9.17) is 14.2 Å². The van der Waals surface area contributed by atoms with E-state index >= 15 is 0 Å². The van der Waals surface area contributed by atoms with Crippen LogP contribution in [0, 0.1) is 5.82 Å². The third kappa shape index (κ3) is 4.83. The number of rotatable bonds is 6. The average Bonchev–Trinajstić information content (AvgIpc) is 2.59. The summed E-state index contributed by atoms with van der Waals surface area (Å²) in [5.41, 5.74) is 1.46. The molecule has 126 valence electrons. The zero-order valence-corrected chi connectivity index (χ0v) is 14.8. The molecule has 0 radical (unpaired) electrons. The highest BCUT2D eigenvalue weighted by Crippen LogP contribution is 2.33. The van der Waals surface area contributed by atoms with Gasteiger partial charge < -0.3 is 14.2 Å². The van der Waals surface area contributed by atoms with Crippen LogP contribution in [-0.4, -0.2) is 20.2 Å². The lowest BCUT2D eigenvalue weighted by molar-refractivity contribution is -0.138. The largest absolute Gasteiger partial charge is 0.493 e. The molecule has 2 rings (SSSR count). The molecule has 0 aliphatic rings. The van der Waals surface area contributed by atoms with Crippen molar-refractivity contribution in [1.82, 2.24) is 0 Å². The Morgan fingerprint density at radius 2 is 1.75 bits per heavy atom. The van der Waals surface area contributed by atoms with E-state index in [1.165, 1.54) is 25.3 Å². The van der Waals surface area contributed by atoms with Gasteiger partial charge >= 0.3 is 5.97 Å². The lowest BCUT2D eigenvalue weighted by Gasteiger charge is -2.11. The lowest BCUT2D eigenvalue weighted by Crippen LogP contribution is -2.02. The van der Waals surface area contributed by atoms with Crippen LogP contribution in [0.4, 0.5) is 4.39 Å². The number of hydrogen-bond donors (Lipinski definition) is 0. The van der Waals surface area contributed by atoms with E-state index in [1.54, 1.807) is 37.5 Å². The van der Waals surface area contributed by atoms with E-state index in [0.717, 1.165) is 10.0 Å². The van der Waals surface area contributed by atoms with Crippen LogP contribution >= 0.6 is 15.9 Å². The number of methoxy groups -OCH3 is 2. The monoisotopic (exact) mass is 394 g/mol. The summed E-state index contributed by atoms with van der Waals surface area (Å²) in [7, 11) is 3.08. The van der Waals surface area contributed by atoms with Crippen LogP contribution in [0.2, 0.25) is 0 Å². The first-order chi connectivity index (χ1) is 11.5. The molecule has 0 amide bonds. The summed E-state index contributed by atoms with van der Waals surface area (Å²) in [5, 5.41) is 0. The van der Waals surface area contributed by atoms with Crippen LogP contribution in [0.15, 0.2) is 46.9 Å². The fraction of sp³-hybridized carbons (Fsp3) is 0.167. The molecule has 0 aliphatic heterocycles. The second-order valence-electron chi connectivity index (χ2n) is 4.79. The molecule has 0 bridgehead atoms. The van der Waals surface area contributed by atoms with Crippen molar-refractivity contribution in [1.29, 1.82) is 0 Å². The zero-order chi connectivity index (χ0) is 17.5. The molecule has 0 aliphatic carbocycles. The zero-order valence-electron chi connectivity index (χ0n) is 13.2. The van der Waals surface area contributed by atoms with Gasteiger partial charge in [-0.05, 0) is 35.9 Å². The maximum atomic E-state index is 12.8. The first kappa shape index (κ1) is 18.0. The topological polar surface area (TPSA) is 44.8 Å². The lowest BCUT2D eigenvalue weighted by atomic mass is 10.2. The summed E-state index contributed by atoms with van der Waals surface area (Å²) in [6.45, 7) is 0.0769. The van der Waals surface area contributed by atoms with Gasteiger partial charge in [-0.15, -0.1) is 0 Å². The van der Waals surface area contributed by atoms with Crippen molar-refractivity contribution in [3.63, 3.8) is 0 Å². The predicted octanol–water partition coefficient (Wildman–Crippen LogP) is 4.36. The number of benzene rings is 2. The minimum Gasteiger partial charge on any atom is -0.493 e. The van der Waals surface area contributed by atoms with Gasteiger partial charge in [0.05, 0.1) is 14.2 Å². The minimum absolute atomic E-state index is 0.0769. The molecule has 0 unspecified atom stereocenters. The molecule has 0 saturated heterocycles. The SMILES string of the molecule is COc1cc(Br)c(COC(=O)/C=C/c2ccc(F)cc2)cc1OC. The highest BCUT2D eigenvalue weighted by Gasteiger charge is 2.10. The summed E-state index contributed by atoms with van der Waals surface area (Å²) >= 11 is 3.40. The highest BCUT2D eigenvalue weighted by molar-refractivity contribution is 9.10. The van der Waals surface area contributed by atoms with Gasteiger partial charge in [0.1, 0.15) is 12.4 Å². The van der Waals surface area contributed by atoms with Crippen molar-refractivity contribution in [3.05, 3.63) is 63.9 Å². The van der Waals surface area contributed by atoms with E-state index in [2.05, 4.69) is 15.9 Å². The Morgan fingerprint density at radius 3 is 2.38 bits per heavy atom. The molecule has 0 fully saturated rings. The Balaban J connectivity index is 1.99. The van der Waals surface area contributed by atoms with Crippen LogP contribution in [0.5, 0.6) is 11.5 Å². The van der Waals surface area contributed by atoms with Gasteiger partial charge in [-0.3, -0.25) is 0 Å². The average molecular weight is 395 g/mol. The first-order valence-corrected chi connectivity index (χ1v) is 7.83. The van der Waals surface area contributed by atoms with Gasteiger partial charge in [-0.2, -0.15) is 0 Å². The minimum atomic E-state index is -0.499. The van der Waals surface area contributed by atoms with Gasteiger partial charge in [0.25, 0.3) is 0 Å². The Kier molecular flexibility index (Phi) is 6.37. The smallest absolute Gasteiger partial charge is 0.331 e. The predicted molar refractivity (Wildman–Crippen MR) is 92.5 cm³/mol. The molecule has 0 atom stereocenters. The third-order valence-electron chi connectivity index (χ3n) is 3.20. The van der Waals surface area contributed by atoms with E-state index in [9.17, 15) is 9.18 Å². The summed E-state index contributed by atoms with van der Waals surface area (Å²) in [4.78, 5) is 11.8. The Hall–Kier alpha value is -2.34. The van der Waals surface area contributed by atoms with Gasteiger partial charge in [-0.1, -0.05) is 28.1 Å². The molecule has 0 heterocycles. The van der Waals surface area contributed by atoms with Gasteiger partial charge in [0.2, 0.25) is 0 Å². The highest BCUT2D eigenvalue weighted by atomic mass is 79.9. The molecule has 0 aromatic heterocycles. The van der Waals surface area contributed by atoms with E-state index in [0.29, 0.717) is 17.1 Å². The van der Waals surface area contributed by atoms with E-state index in [1.807, 2.05) is 0 Å². The summed E-state index contributed by atoms with van der Waals surface area (Å²) in [6, 6.07) is 9.28. The summed E-state index contributed by atoms with van der Waals surface area (Å²) < 4.78 is 29.2. The van der Waals surface area contributed by atoms with Crippen molar-refractivity contribution in [2.24, 2.45) is 0 Å². The molecule has 24 heavy (non-hydrogen) atoms. The quantitative estimate of drug-likeness (QED) is 0.539. The molecule has 2 aromatic carbocycles. The molecule has 2 aromatic rings. The molecular weight excluding hydrogens is 379 g/mol. The maximum absolute atomic E-state index is 12.8. The van der Waals surface area contributed by atoms with Crippen LogP contribution in [0.1, 0.15) is 11.1 Å². The molecule has 0 saturated carbocycles. The van der Waals surface area contributed by atoms with Crippen molar-refractivity contribution < 1.29 is 23.4 Å². The maximum Gasteiger partial charge on any atom is 0.331 e. The van der Waals surface area contributed by atoms with E-state index in [-0.39, 0.29) is 12.4 Å². The standard InChI is InChI=1S/C18H16BrFO4/c1-22-16-9-13(15(19)10-17(16)23-2)11-24-18(21)8-5-12-3-6-14(20)7-4-12/h3-10H,11H2,1-2H3/b8-5+. The van der Waals surface area contributed by atoms with Gasteiger partial charge in [0.15, 0.2) is 11.5 Å². The van der Waals surface area contributed by atoms with Crippen LogP contribution in [0.25, 0.3) is 6.08 Å². The normalized spacial score (nSPS) is 10.7. The third-order valence-corrected chi connectivity index (χ3v) is 3.94. The van der Waals surface area contributed by atoms with Crippen LogP contribution in [-0.2, 0) is 16.1 Å². The Morgan fingerprint density at radius 1 is 1.12 bits per heavy atom. The van der Waals surface area contributed by atoms with Crippen LogP contribution < -0.4 is 9.47 Å².